The molecule has 18 heavy (non-hydrogen) atoms. The van der Waals surface area contributed by atoms with E-state index in [1.165, 1.54) is 0 Å². The molecule has 98 valence electrons. The van der Waals surface area contributed by atoms with E-state index in [2.05, 4.69) is 27.9 Å². The van der Waals surface area contributed by atoms with E-state index < -0.39 is 12.0 Å². The Kier molecular flexibility index (Phi) is 5.13. The number of halogens is 1. The number of rotatable bonds is 4. The largest absolute Gasteiger partial charge is 0.480 e. The smallest absolute Gasteiger partial charge is 0.326 e. The molecule has 1 aromatic carbocycles. The second kappa shape index (κ2) is 6.17. The summed E-state index contributed by atoms with van der Waals surface area (Å²) in [6.45, 7) is 5.42. The molecule has 0 heterocycles. The number of benzene rings is 1. The average molecular weight is 361 g/mol. The third-order valence-corrected chi connectivity index (χ3v) is 3.53. The van der Waals surface area contributed by atoms with Crippen molar-refractivity contribution in [3.05, 3.63) is 32.9 Å². The van der Waals surface area contributed by atoms with Crippen LogP contribution in [0.1, 0.15) is 29.8 Å². The first-order valence-electron chi connectivity index (χ1n) is 5.62. The minimum atomic E-state index is -1.01. The maximum absolute atomic E-state index is 12.1. The molecule has 1 aromatic rings. The van der Waals surface area contributed by atoms with Crippen molar-refractivity contribution in [2.45, 2.75) is 26.8 Å². The van der Waals surface area contributed by atoms with Gasteiger partial charge in [0.25, 0.3) is 5.91 Å². The molecule has 0 fully saturated rings. The predicted octanol–water partition coefficient (Wildman–Crippen LogP) is 2.44. The van der Waals surface area contributed by atoms with Crippen LogP contribution in [0.3, 0.4) is 0 Å². The number of carboxylic acid groups (broad SMARTS) is 1. The summed E-state index contributed by atoms with van der Waals surface area (Å²) in [5, 5.41) is 11.6. The van der Waals surface area contributed by atoms with Gasteiger partial charge < -0.3 is 10.4 Å². The van der Waals surface area contributed by atoms with Gasteiger partial charge in [-0.25, -0.2) is 4.79 Å². The molecular weight excluding hydrogens is 345 g/mol. The molecular formula is C13H16INO3. The lowest BCUT2D eigenvalue weighted by molar-refractivity contribution is -0.140. The van der Waals surface area contributed by atoms with Crippen molar-refractivity contribution >= 4 is 34.5 Å². The maximum atomic E-state index is 12.1. The number of aryl methyl sites for hydroxylation is 1. The second-order valence-electron chi connectivity index (χ2n) is 4.52. The van der Waals surface area contributed by atoms with Crippen LogP contribution in [-0.2, 0) is 4.79 Å². The summed E-state index contributed by atoms with van der Waals surface area (Å²) in [4.78, 5) is 23.1. The minimum Gasteiger partial charge on any atom is -0.480 e. The van der Waals surface area contributed by atoms with E-state index >= 15 is 0 Å². The number of nitrogens with one attached hydrogen (secondary N) is 1. The van der Waals surface area contributed by atoms with Gasteiger partial charge in [-0.3, -0.25) is 4.79 Å². The zero-order valence-corrected chi connectivity index (χ0v) is 12.7. The first kappa shape index (κ1) is 14.9. The van der Waals surface area contributed by atoms with Crippen molar-refractivity contribution in [1.82, 2.24) is 5.32 Å². The maximum Gasteiger partial charge on any atom is 0.326 e. The van der Waals surface area contributed by atoms with E-state index in [4.69, 9.17) is 5.11 Å². The van der Waals surface area contributed by atoms with Crippen LogP contribution < -0.4 is 5.32 Å². The monoisotopic (exact) mass is 361 g/mol. The van der Waals surface area contributed by atoms with Gasteiger partial charge in [0.2, 0.25) is 0 Å². The van der Waals surface area contributed by atoms with Crippen LogP contribution in [0, 0.1) is 16.4 Å². The summed E-state index contributed by atoms with van der Waals surface area (Å²) < 4.78 is 0.809. The molecule has 0 aliphatic rings. The van der Waals surface area contributed by atoms with E-state index in [9.17, 15) is 9.59 Å². The average Bonchev–Trinajstić information content (AvgIpc) is 2.28. The van der Waals surface area contributed by atoms with Crippen LogP contribution in [0.4, 0.5) is 0 Å². The highest BCUT2D eigenvalue weighted by molar-refractivity contribution is 14.1. The normalized spacial score (nSPS) is 12.3. The predicted molar refractivity (Wildman–Crippen MR) is 77.6 cm³/mol. The van der Waals surface area contributed by atoms with E-state index in [0.29, 0.717) is 5.56 Å². The van der Waals surface area contributed by atoms with Gasteiger partial charge >= 0.3 is 5.97 Å². The molecule has 2 N–H and O–H groups in total. The van der Waals surface area contributed by atoms with Gasteiger partial charge in [-0.05, 0) is 47.6 Å². The standard InChI is InChI=1S/C13H16INO3/c1-7(2)11(13(17)18)15-12(16)9-6-8(3)4-5-10(9)14/h4-7,11H,1-3H3,(H,15,16)(H,17,18)/t11-/m0/s1. The molecule has 1 atom stereocenters. The van der Waals surface area contributed by atoms with Gasteiger partial charge in [-0.1, -0.05) is 25.5 Å². The zero-order valence-electron chi connectivity index (χ0n) is 10.5. The van der Waals surface area contributed by atoms with E-state index in [0.717, 1.165) is 9.13 Å². The Morgan fingerprint density at radius 1 is 1.33 bits per heavy atom. The molecule has 0 spiro atoms. The highest BCUT2D eigenvalue weighted by Gasteiger charge is 2.24. The third-order valence-electron chi connectivity index (χ3n) is 2.59. The summed E-state index contributed by atoms with van der Waals surface area (Å²) in [5.41, 5.74) is 1.49. The fraction of sp³-hybridized carbons (Fsp3) is 0.385. The van der Waals surface area contributed by atoms with Crippen LogP contribution in [-0.4, -0.2) is 23.0 Å². The van der Waals surface area contributed by atoms with Crippen molar-refractivity contribution in [3.63, 3.8) is 0 Å². The summed E-state index contributed by atoms with van der Waals surface area (Å²) in [5.74, 6) is -1.51. The summed E-state index contributed by atoms with van der Waals surface area (Å²) in [7, 11) is 0. The molecule has 5 heteroatoms. The summed E-state index contributed by atoms with van der Waals surface area (Å²) >= 11 is 2.07. The van der Waals surface area contributed by atoms with Gasteiger partial charge in [-0.2, -0.15) is 0 Å². The molecule has 0 aliphatic heterocycles. The number of carboxylic acids is 1. The third kappa shape index (κ3) is 3.69. The Morgan fingerprint density at radius 2 is 1.94 bits per heavy atom. The van der Waals surface area contributed by atoms with Crippen molar-refractivity contribution in [1.29, 1.82) is 0 Å². The lowest BCUT2D eigenvalue weighted by atomic mass is 10.0. The number of aliphatic carboxylic acids is 1. The molecule has 1 amide bonds. The van der Waals surface area contributed by atoms with Crippen molar-refractivity contribution < 1.29 is 14.7 Å². The van der Waals surface area contributed by atoms with Crippen LogP contribution in [0.25, 0.3) is 0 Å². The Balaban J connectivity index is 2.94. The minimum absolute atomic E-state index is 0.158. The molecule has 0 saturated heterocycles. The molecule has 0 radical (unpaired) electrons. The van der Waals surface area contributed by atoms with Crippen LogP contribution in [0.5, 0.6) is 0 Å². The molecule has 0 unspecified atom stereocenters. The number of amides is 1. The van der Waals surface area contributed by atoms with E-state index in [1.54, 1.807) is 19.9 Å². The van der Waals surface area contributed by atoms with E-state index in [1.807, 2.05) is 19.1 Å². The Labute approximate surface area is 120 Å². The first-order chi connectivity index (χ1) is 8.32. The van der Waals surface area contributed by atoms with Gasteiger partial charge in [0, 0.05) is 3.57 Å². The van der Waals surface area contributed by atoms with Gasteiger partial charge in [0.15, 0.2) is 0 Å². The molecule has 0 saturated carbocycles. The molecule has 0 bridgehead atoms. The lowest BCUT2D eigenvalue weighted by Gasteiger charge is -2.18. The first-order valence-corrected chi connectivity index (χ1v) is 6.70. The lowest BCUT2D eigenvalue weighted by Crippen LogP contribution is -2.44. The zero-order chi connectivity index (χ0) is 13.9. The molecule has 1 rings (SSSR count). The highest BCUT2D eigenvalue weighted by Crippen LogP contribution is 2.15. The quantitative estimate of drug-likeness (QED) is 0.810. The Morgan fingerprint density at radius 3 is 2.44 bits per heavy atom. The fourth-order valence-electron chi connectivity index (χ4n) is 1.55. The van der Waals surface area contributed by atoms with Crippen LogP contribution in [0.2, 0.25) is 0 Å². The summed E-state index contributed by atoms with van der Waals surface area (Å²) in [6.07, 6.45) is 0. The Bertz CT molecular complexity index is 471. The van der Waals surface area contributed by atoms with Crippen LogP contribution >= 0.6 is 22.6 Å². The summed E-state index contributed by atoms with van der Waals surface area (Å²) in [6, 6.07) is 4.65. The highest BCUT2D eigenvalue weighted by atomic mass is 127. The number of hydrogen-bond acceptors (Lipinski definition) is 2. The van der Waals surface area contributed by atoms with Gasteiger partial charge in [0.1, 0.15) is 6.04 Å². The van der Waals surface area contributed by atoms with Gasteiger partial charge in [0.05, 0.1) is 5.56 Å². The molecule has 4 nitrogen and oxygen atoms in total. The van der Waals surface area contributed by atoms with Crippen molar-refractivity contribution in [2.24, 2.45) is 5.92 Å². The SMILES string of the molecule is Cc1ccc(I)c(C(=O)N[C@H](C(=O)O)C(C)C)c1. The fourth-order valence-corrected chi connectivity index (χ4v) is 2.13. The van der Waals surface area contributed by atoms with Crippen molar-refractivity contribution in [2.75, 3.05) is 0 Å². The van der Waals surface area contributed by atoms with E-state index in [-0.39, 0.29) is 11.8 Å². The topological polar surface area (TPSA) is 66.4 Å². The van der Waals surface area contributed by atoms with Gasteiger partial charge in [-0.15, -0.1) is 0 Å². The molecule has 0 aromatic heterocycles. The van der Waals surface area contributed by atoms with Crippen LogP contribution in [0.15, 0.2) is 18.2 Å². The number of carbonyl (C=O) groups excluding carboxylic acids is 1. The van der Waals surface area contributed by atoms with Crippen molar-refractivity contribution in [3.8, 4) is 0 Å². The number of hydrogen-bond donors (Lipinski definition) is 2. The number of carbonyl (C=O) groups is 2. The second-order valence-corrected chi connectivity index (χ2v) is 5.68. The molecule has 0 aliphatic carbocycles. The Hall–Kier alpha value is -1.11.